The van der Waals surface area contributed by atoms with Gasteiger partial charge in [-0.3, -0.25) is 4.79 Å². The molecule has 0 atom stereocenters. The highest BCUT2D eigenvalue weighted by Crippen LogP contribution is 2.22. The van der Waals surface area contributed by atoms with Crippen LogP contribution < -0.4 is 5.32 Å². The topological polar surface area (TPSA) is 71.2 Å². The summed E-state index contributed by atoms with van der Waals surface area (Å²) in [6.07, 6.45) is 0. The molecule has 122 valence electrons. The highest BCUT2D eigenvalue weighted by Gasteiger charge is 2.19. The second-order valence-electron chi connectivity index (χ2n) is 5.47. The Labute approximate surface area is 139 Å². The van der Waals surface area contributed by atoms with E-state index in [1.54, 1.807) is 25.2 Å². The van der Waals surface area contributed by atoms with E-state index in [1.807, 2.05) is 37.3 Å². The number of rotatable bonds is 5. The van der Waals surface area contributed by atoms with Crippen LogP contribution in [0.3, 0.4) is 0 Å². The van der Waals surface area contributed by atoms with Gasteiger partial charge in [-0.1, -0.05) is 30.3 Å². The number of benzene rings is 2. The first-order valence-corrected chi connectivity index (χ1v) is 7.66. The number of aryl methyl sites for hydroxylation is 1. The maximum Gasteiger partial charge on any atom is 0.340 e. The lowest BCUT2D eigenvalue weighted by atomic mass is 10.1. The molecule has 3 aromatic rings. The van der Waals surface area contributed by atoms with Crippen LogP contribution in [0.15, 0.2) is 48.5 Å². The normalized spacial score (nSPS) is 10.6. The number of hydrogen-bond acceptors (Lipinski definition) is 4. The number of anilines is 1. The maximum absolute atomic E-state index is 12.5. The van der Waals surface area contributed by atoms with E-state index < -0.39 is 5.97 Å². The number of para-hydroxylation sites is 2. The molecule has 0 unspecified atom stereocenters. The Balaban J connectivity index is 1.78. The molecule has 3 rings (SSSR count). The standard InChI is InChI=1S/C19H18N2O3/c1-12-18(13-7-3-6-10-16(13)21-12)17(22)11-24-19(23)14-8-4-5-9-15(14)20-2/h3-10,20-21H,11H2,1-2H3. The number of Topliss-reactive ketones (excluding diaryl/α,β-unsaturated/α-hetero) is 1. The van der Waals surface area contributed by atoms with E-state index >= 15 is 0 Å². The second-order valence-corrected chi connectivity index (χ2v) is 5.47. The van der Waals surface area contributed by atoms with Gasteiger partial charge in [-0.25, -0.2) is 4.79 Å². The molecule has 0 saturated carbocycles. The molecule has 2 aromatic carbocycles. The van der Waals surface area contributed by atoms with Crippen molar-refractivity contribution in [2.24, 2.45) is 0 Å². The van der Waals surface area contributed by atoms with Gasteiger partial charge >= 0.3 is 5.97 Å². The van der Waals surface area contributed by atoms with E-state index in [9.17, 15) is 9.59 Å². The molecule has 0 aliphatic heterocycles. The summed E-state index contributed by atoms with van der Waals surface area (Å²) in [5, 5.41) is 3.77. The van der Waals surface area contributed by atoms with Crippen molar-refractivity contribution in [3.05, 3.63) is 65.4 Å². The van der Waals surface area contributed by atoms with Gasteiger partial charge in [0.1, 0.15) is 0 Å². The van der Waals surface area contributed by atoms with Gasteiger partial charge in [0, 0.05) is 34.9 Å². The Morgan fingerprint density at radius 3 is 2.58 bits per heavy atom. The molecular weight excluding hydrogens is 304 g/mol. The number of nitrogens with one attached hydrogen (secondary N) is 2. The van der Waals surface area contributed by atoms with E-state index in [-0.39, 0.29) is 12.4 Å². The van der Waals surface area contributed by atoms with Crippen LogP contribution in [0.4, 0.5) is 5.69 Å². The van der Waals surface area contributed by atoms with Crippen molar-refractivity contribution < 1.29 is 14.3 Å². The third-order valence-electron chi connectivity index (χ3n) is 3.92. The van der Waals surface area contributed by atoms with Crippen LogP contribution in [0, 0.1) is 6.92 Å². The van der Waals surface area contributed by atoms with Crippen LogP contribution >= 0.6 is 0 Å². The van der Waals surface area contributed by atoms with Gasteiger partial charge in [0.25, 0.3) is 0 Å². The van der Waals surface area contributed by atoms with Gasteiger partial charge in [0.15, 0.2) is 6.61 Å². The lowest BCUT2D eigenvalue weighted by Crippen LogP contribution is -2.15. The summed E-state index contributed by atoms with van der Waals surface area (Å²) in [5.74, 6) is -0.744. The highest BCUT2D eigenvalue weighted by molar-refractivity contribution is 6.10. The first kappa shape index (κ1) is 15.8. The third-order valence-corrected chi connectivity index (χ3v) is 3.92. The van der Waals surface area contributed by atoms with E-state index in [1.165, 1.54) is 0 Å². The molecule has 2 N–H and O–H groups in total. The van der Waals surface area contributed by atoms with Crippen LogP contribution in [0.25, 0.3) is 10.9 Å². The number of hydrogen-bond donors (Lipinski definition) is 2. The Hall–Kier alpha value is -3.08. The Bertz CT molecular complexity index is 912. The molecular formula is C19H18N2O3. The largest absolute Gasteiger partial charge is 0.454 e. The Morgan fingerprint density at radius 2 is 1.79 bits per heavy atom. The van der Waals surface area contributed by atoms with Gasteiger partial charge in [-0.2, -0.15) is 0 Å². The molecule has 1 heterocycles. The Morgan fingerprint density at radius 1 is 1.08 bits per heavy atom. The fourth-order valence-electron chi connectivity index (χ4n) is 2.80. The van der Waals surface area contributed by atoms with Crippen molar-refractivity contribution in [2.45, 2.75) is 6.92 Å². The van der Waals surface area contributed by atoms with Crippen LogP contribution in [0.1, 0.15) is 26.4 Å². The molecule has 24 heavy (non-hydrogen) atoms. The van der Waals surface area contributed by atoms with E-state index in [2.05, 4.69) is 10.3 Å². The smallest absolute Gasteiger partial charge is 0.340 e. The zero-order chi connectivity index (χ0) is 17.1. The number of carbonyl (C=O) groups is 2. The minimum absolute atomic E-state index is 0.222. The summed E-state index contributed by atoms with van der Waals surface area (Å²) >= 11 is 0. The van der Waals surface area contributed by atoms with Crippen molar-refractivity contribution in [3.8, 4) is 0 Å². The quantitative estimate of drug-likeness (QED) is 0.556. The van der Waals surface area contributed by atoms with Gasteiger partial charge < -0.3 is 15.0 Å². The summed E-state index contributed by atoms with van der Waals surface area (Å²) in [4.78, 5) is 27.9. The minimum atomic E-state index is -0.522. The number of aromatic nitrogens is 1. The zero-order valence-corrected chi connectivity index (χ0v) is 13.6. The van der Waals surface area contributed by atoms with Crippen molar-refractivity contribution in [1.82, 2.24) is 4.98 Å². The predicted octanol–water partition coefficient (Wildman–Crippen LogP) is 3.56. The number of ether oxygens (including phenoxy) is 1. The summed E-state index contributed by atoms with van der Waals surface area (Å²) in [6, 6.07) is 14.6. The van der Waals surface area contributed by atoms with E-state index in [0.29, 0.717) is 16.8 Å². The van der Waals surface area contributed by atoms with Crippen LogP contribution in [-0.4, -0.2) is 30.4 Å². The van der Waals surface area contributed by atoms with Crippen molar-refractivity contribution in [2.75, 3.05) is 19.0 Å². The average molecular weight is 322 g/mol. The third kappa shape index (κ3) is 2.88. The molecule has 5 nitrogen and oxygen atoms in total. The van der Waals surface area contributed by atoms with Crippen molar-refractivity contribution in [1.29, 1.82) is 0 Å². The summed E-state index contributed by atoms with van der Waals surface area (Å²) in [5.41, 5.74) is 3.31. The van der Waals surface area contributed by atoms with Gasteiger partial charge in [-0.15, -0.1) is 0 Å². The minimum Gasteiger partial charge on any atom is -0.454 e. The summed E-state index contributed by atoms with van der Waals surface area (Å²) in [7, 11) is 1.73. The predicted molar refractivity (Wildman–Crippen MR) is 93.6 cm³/mol. The van der Waals surface area contributed by atoms with Gasteiger partial charge in [0.2, 0.25) is 5.78 Å². The number of esters is 1. The lowest BCUT2D eigenvalue weighted by Gasteiger charge is -2.08. The highest BCUT2D eigenvalue weighted by atomic mass is 16.5. The van der Waals surface area contributed by atoms with Gasteiger partial charge in [0.05, 0.1) is 5.56 Å². The number of aromatic amines is 1. The number of H-pyrrole nitrogens is 1. The van der Waals surface area contributed by atoms with E-state index in [0.717, 1.165) is 16.6 Å². The zero-order valence-electron chi connectivity index (χ0n) is 13.6. The van der Waals surface area contributed by atoms with Crippen LogP contribution in [0.2, 0.25) is 0 Å². The molecule has 1 aromatic heterocycles. The SMILES string of the molecule is CNc1ccccc1C(=O)OCC(=O)c1c(C)[nH]c2ccccc12. The maximum atomic E-state index is 12.5. The summed E-state index contributed by atoms with van der Waals surface area (Å²) < 4.78 is 5.22. The molecule has 0 amide bonds. The fraction of sp³-hybridized carbons (Fsp3) is 0.158. The molecule has 0 bridgehead atoms. The van der Waals surface area contributed by atoms with Crippen LogP contribution in [0.5, 0.6) is 0 Å². The fourth-order valence-corrected chi connectivity index (χ4v) is 2.80. The van der Waals surface area contributed by atoms with Gasteiger partial charge in [-0.05, 0) is 25.1 Å². The molecule has 0 radical (unpaired) electrons. The molecule has 0 saturated heterocycles. The molecule has 0 fully saturated rings. The monoisotopic (exact) mass is 322 g/mol. The van der Waals surface area contributed by atoms with Crippen molar-refractivity contribution >= 4 is 28.3 Å². The first-order chi connectivity index (χ1) is 11.6. The molecule has 0 aliphatic carbocycles. The number of ketones is 1. The lowest BCUT2D eigenvalue weighted by molar-refractivity contribution is 0.0476. The number of fused-ring (bicyclic) bond motifs is 1. The first-order valence-electron chi connectivity index (χ1n) is 7.66. The van der Waals surface area contributed by atoms with E-state index in [4.69, 9.17) is 4.74 Å². The molecule has 5 heteroatoms. The summed E-state index contributed by atoms with van der Waals surface area (Å²) in [6.45, 7) is 1.55. The second kappa shape index (κ2) is 6.58. The Kier molecular flexibility index (Phi) is 4.33. The average Bonchev–Trinajstić information content (AvgIpc) is 2.95. The number of carbonyl (C=O) groups excluding carboxylic acids is 2. The van der Waals surface area contributed by atoms with Crippen molar-refractivity contribution in [3.63, 3.8) is 0 Å². The van der Waals surface area contributed by atoms with Crippen LogP contribution in [-0.2, 0) is 4.74 Å². The molecule has 0 aliphatic rings. The molecule has 0 spiro atoms.